The number of benzene rings is 1. The van der Waals surface area contributed by atoms with Gasteiger partial charge in [0.25, 0.3) is 5.91 Å². The first-order valence-corrected chi connectivity index (χ1v) is 8.25. The number of hydrogen-bond acceptors (Lipinski definition) is 5. The molecular formula is C14H13Cl2N5OS2. The zero-order valence-corrected chi connectivity index (χ0v) is 15.7. The predicted octanol–water partition coefficient (Wildman–Crippen LogP) is 3.63. The second-order valence-corrected chi connectivity index (χ2v) is 6.44. The van der Waals surface area contributed by atoms with Gasteiger partial charge in [-0.25, -0.2) is 9.97 Å². The van der Waals surface area contributed by atoms with E-state index < -0.39 is 0 Å². The SMILES string of the molecule is C[C@H](NC(=O)c1cc(Cl)cc(Cl)c1)c1ncnn1-c1nccs1.S. The summed E-state index contributed by atoms with van der Waals surface area (Å²) in [7, 11) is 0. The first-order chi connectivity index (χ1) is 11.0. The average molecular weight is 402 g/mol. The zero-order valence-electron chi connectivity index (χ0n) is 12.4. The highest BCUT2D eigenvalue weighted by Crippen LogP contribution is 2.21. The fourth-order valence-electron chi connectivity index (χ4n) is 2.04. The largest absolute Gasteiger partial charge is 0.342 e. The molecule has 10 heteroatoms. The van der Waals surface area contributed by atoms with Crippen molar-refractivity contribution < 1.29 is 4.79 Å². The minimum absolute atomic E-state index is 0. The Morgan fingerprint density at radius 3 is 2.58 bits per heavy atom. The van der Waals surface area contributed by atoms with Crippen molar-refractivity contribution in [1.29, 1.82) is 0 Å². The molecule has 1 amide bonds. The molecule has 1 N–H and O–H groups in total. The molecule has 0 radical (unpaired) electrons. The molecule has 0 fully saturated rings. The summed E-state index contributed by atoms with van der Waals surface area (Å²) in [6.07, 6.45) is 3.11. The lowest BCUT2D eigenvalue weighted by molar-refractivity contribution is 0.0938. The van der Waals surface area contributed by atoms with Crippen LogP contribution in [-0.4, -0.2) is 25.7 Å². The van der Waals surface area contributed by atoms with E-state index in [1.165, 1.54) is 17.7 Å². The van der Waals surface area contributed by atoms with Crippen molar-refractivity contribution >= 4 is 53.9 Å². The average Bonchev–Trinajstić information content (AvgIpc) is 3.17. The maximum atomic E-state index is 12.4. The lowest BCUT2D eigenvalue weighted by atomic mass is 10.2. The van der Waals surface area contributed by atoms with Crippen molar-refractivity contribution in [2.75, 3.05) is 0 Å². The van der Waals surface area contributed by atoms with Crippen molar-refractivity contribution in [3.63, 3.8) is 0 Å². The van der Waals surface area contributed by atoms with Gasteiger partial charge in [0.15, 0.2) is 5.82 Å². The fraction of sp³-hybridized carbons (Fsp3) is 0.143. The van der Waals surface area contributed by atoms with Gasteiger partial charge >= 0.3 is 0 Å². The highest BCUT2D eigenvalue weighted by molar-refractivity contribution is 7.59. The third-order valence-electron chi connectivity index (χ3n) is 3.03. The van der Waals surface area contributed by atoms with Crippen LogP contribution in [0.4, 0.5) is 0 Å². The van der Waals surface area contributed by atoms with Crippen LogP contribution in [0.5, 0.6) is 0 Å². The predicted molar refractivity (Wildman–Crippen MR) is 99.8 cm³/mol. The summed E-state index contributed by atoms with van der Waals surface area (Å²) in [6.45, 7) is 1.82. The van der Waals surface area contributed by atoms with Gasteiger partial charge in [0, 0.05) is 27.2 Å². The van der Waals surface area contributed by atoms with Gasteiger partial charge in [-0.05, 0) is 25.1 Å². The molecule has 6 nitrogen and oxygen atoms in total. The number of amides is 1. The lowest BCUT2D eigenvalue weighted by Gasteiger charge is -2.14. The van der Waals surface area contributed by atoms with E-state index in [1.807, 2.05) is 12.3 Å². The topological polar surface area (TPSA) is 72.7 Å². The van der Waals surface area contributed by atoms with Crippen molar-refractivity contribution in [3.8, 4) is 5.13 Å². The van der Waals surface area contributed by atoms with Gasteiger partial charge < -0.3 is 5.32 Å². The Morgan fingerprint density at radius 1 is 1.25 bits per heavy atom. The van der Waals surface area contributed by atoms with E-state index in [0.29, 0.717) is 26.6 Å². The van der Waals surface area contributed by atoms with Crippen LogP contribution < -0.4 is 5.32 Å². The van der Waals surface area contributed by atoms with Gasteiger partial charge in [-0.1, -0.05) is 23.2 Å². The van der Waals surface area contributed by atoms with Crippen molar-refractivity contribution in [2.24, 2.45) is 0 Å². The number of aromatic nitrogens is 4. The lowest BCUT2D eigenvalue weighted by Crippen LogP contribution is -2.28. The summed E-state index contributed by atoms with van der Waals surface area (Å²) in [5.41, 5.74) is 0.384. The molecule has 0 saturated carbocycles. The van der Waals surface area contributed by atoms with E-state index >= 15 is 0 Å². The van der Waals surface area contributed by atoms with Gasteiger partial charge in [-0.3, -0.25) is 4.79 Å². The van der Waals surface area contributed by atoms with Gasteiger partial charge in [0.05, 0.1) is 6.04 Å². The second-order valence-electron chi connectivity index (χ2n) is 4.70. The molecule has 3 rings (SSSR count). The third kappa shape index (κ3) is 4.07. The smallest absolute Gasteiger partial charge is 0.251 e. The van der Waals surface area contributed by atoms with Crippen LogP contribution in [-0.2, 0) is 0 Å². The summed E-state index contributed by atoms with van der Waals surface area (Å²) < 4.78 is 1.60. The number of halogens is 2. The Labute approximate surface area is 159 Å². The van der Waals surface area contributed by atoms with Crippen LogP contribution in [0.2, 0.25) is 10.0 Å². The standard InChI is InChI=1S/C14H11Cl2N5OS.H2S/c1-8(12-18-7-19-21(12)14-17-2-3-23-14)20-13(22)9-4-10(15)6-11(16)5-9;/h2-8H,1H3,(H,20,22);1H2/t8-;/m0./s1. The summed E-state index contributed by atoms with van der Waals surface area (Å²) in [5.74, 6) is 0.289. The van der Waals surface area contributed by atoms with Gasteiger partial charge in [-0.15, -0.1) is 11.3 Å². The van der Waals surface area contributed by atoms with E-state index in [2.05, 4.69) is 20.4 Å². The molecule has 24 heavy (non-hydrogen) atoms. The van der Waals surface area contributed by atoms with Crippen molar-refractivity contribution in [3.05, 3.63) is 57.5 Å². The van der Waals surface area contributed by atoms with Crippen LogP contribution in [0.3, 0.4) is 0 Å². The molecule has 1 atom stereocenters. The Balaban J connectivity index is 0.00000208. The molecule has 1 aromatic carbocycles. The number of carbonyl (C=O) groups is 1. The zero-order chi connectivity index (χ0) is 16.4. The molecule has 0 aliphatic rings. The molecule has 3 aromatic rings. The first kappa shape index (κ1) is 18.7. The minimum atomic E-state index is -0.369. The Bertz CT molecular complexity index is 817. The monoisotopic (exact) mass is 401 g/mol. The van der Waals surface area contributed by atoms with Gasteiger partial charge in [0.2, 0.25) is 5.13 Å². The summed E-state index contributed by atoms with van der Waals surface area (Å²) in [5, 5.41) is 10.3. The number of rotatable bonds is 4. The van der Waals surface area contributed by atoms with E-state index in [0.717, 1.165) is 0 Å². The molecular weight excluding hydrogens is 389 g/mol. The highest BCUT2D eigenvalue weighted by atomic mass is 35.5. The Hall–Kier alpha value is -1.61. The Kier molecular flexibility index (Phi) is 6.22. The van der Waals surface area contributed by atoms with Crippen molar-refractivity contribution in [1.82, 2.24) is 25.1 Å². The number of thiazole rings is 1. The van der Waals surface area contributed by atoms with Gasteiger partial charge in [-0.2, -0.15) is 23.3 Å². The van der Waals surface area contributed by atoms with Crippen LogP contribution in [0.1, 0.15) is 29.1 Å². The Morgan fingerprint density at radius 2 is 1.96 bits per heavy atom. The molecule has 2 heterocycles. The van der Waals surface area contributed by atoms with Crippen molar-refractivity contribution in [2.45, 2.75) is 13.0 Å². The molecule has 0 aliphatic heterocycles. The van der Waals surface area contributed by atoms with E-state index in [4.69, 9.17) is 23.2 Å². The van der Waals surface area contributed by atoms with Gasteiger partial charge in [0.1, 0.15) is 6.33 Å². The molecule has 126 valence electrons. The molecule has 0 unspecified atom stereocenters. The van der Waals surface area contributed by atoms with Crippen LogP contribution in [0.25, 0.3) is 5.13 Å². The quantitative estimate of drug-likeness (QED) is 0.723. The number of nitrogens with one attached hydrogen (secondary N) is 1. The molecule has 2 aromatic heterocycles. The second kappa shape index (κ2) is 7.98. The maximum absolute atomic E-state index is 12.4. The number of hydrogen-bond donors (Lipinski definition) is 1. The van der Waals surface area contributed by atoms with Crippen LogP contribution in [0.15, 0.2) is 36.1 Å². The maximum Gasteiger partial charge on any atom is 0.251 e. The summed E-state index contributed by atoms with van der Waals surface area (Å²) >= 11 is 13.3. The first-order valence-electron chi connectivity index (χ1n) is 6.61. The van der Waals surface area contributed by atoms with E-state index in [9.17, 15) is 4.79 Å². The number of carbonyl (C=O) groups excluding carboxylic acids is 1. The molecule has 0 spiro atoms. The van der Waals surface area contributed by atoms with E-state index in [-0.39, 0.29) is 25.4 Å². The third-order valence-corrected chi connectivity index (χ3v) is 4.22. The summed E-state index contributed by atoms with van der Waals surface area (Å²) in [4.78, 5) is 20.8. The van der Waals surface area contributed by atoms with E-state index in [1.54, 1.807) is 29.1 Å². The highest BCUT2D eigenvalue weighted by Gasteiger charge is 2.19. The summed E-state index contributed by atoms with van der Waals surface area (Å²) in [6, 6.07) is 4.32. The molecule has 0 saturated heterocycles. The fourth-order valence-corrected chi connectivity index (χ4v) is 3.17. The number of nitrogens with zero attached hydrogens (tertiary/aromatic N) is 4. The molecule has 0 bridgehead atoms. The molecule has 0 aliphatic carbocycles. The minimum Gasteiger partial charge on any atom is -0.342 e. The normalized spacial score (nSPS) is 11.6. The van der Waals surface area contributed by atoms with Crippen LogP contribution >= 0.6 is 48.0 Å². The van der Waals surface area contributed by atoms with Crippen LogP contribution in [0, 0.1) is 0 Å².